The molecule has 1 aromatic carbocycles. The van der Waals surface area contributed by atoms with Gasteiger partial charge in [-0.05, 0) is 31.0 Å². The van der Waals surface area contributed by atoms with E-state index in [1.54, 1.807) is 0 Å². The molecular formula is C13H16N2O. The van der Waals surface area contributed by atoms with Gasteiger partial charge in [0.1, 0.15) is 0 Å². The first kappa shape index (κ1) is 9.85. The summed E-state index contributed by atoms with van der Waals surface area (Å²) < 4.78 is 0. The average molecular weight is 216 g/mol. The van der Waals surface area contributed by atoms with E-state index in [9.17, 15) is 4.79 Å². The van der Waals surface area contributed by atoms with Crippen molar-refractivity contribution in [3.05, 3.63) is 29.3 Å². The molecule has 2 aliphatic heterocycles. The lowest BCUT2D eigenvalue weighted by Crippen LogP contribution is -2.59. The molecule has 1 unspecified atom stereocenters. The molecule has 3 rings (SSSR count). The maximum absolute atomic E-state index is 11.3. The minimum atomic E-state index is 0.109. The van der Waals surface area contributed by atoms with E-state index < -0.39 is 0 Å². The molecule has 1 atom stereocenters. The van der Waals surface area contributed by atoms with Crippen molar-refractivity contribution < 1.29 is 4.79 Å². The summed E-state index contributed by atoms with van der Waals surface area (Å²) in [6.45, 7) is 5.47. The number of benzene rings is 1. The highest BCUT2D eigenvalue weighted by atomic mass is 16.1. The van der Waals surface area contributed by atoms with Gasteiger partial charge >= 0.3 is 0 Å². The lowest BCUT2D eigenvalue weighted by Gasteiger charge is -2.46. The quantitative estimate of drug-likeness (QED) is 0.749. The van der Waals surface area contributed by atoms with E-state index in [-0.39, 0.29) is 11.4 Å². The van der Waals surface area contributed by atoms with E-state index >= 15 is 0 Å². The Morgan fingerprint density at radius 3 is 2.81 bits per heavy atom. The third-order valence-corrected chi connectivity index (χ3v) is 3.79. The minimum absolute atomic E-state index is 0.109. The van der Waals surface area contributed by atoms with Crippen molar-refractivity contribution in [3.8, 4) is 0 Å². The van der Waals surface area contributed by atoms with Crippen molar-refractivity contribution in [3.63, 3.8) is 0 Å². The van der Waals surface area contributed by atoms with Crippen molar-refractivity contribution in [1.82, 2.24) is 5.32 Å². The Balaban J connectivity index is 1.94. The summed E-state index contributed by atoms with van der Waals surface area (Å²) in [7, 11) is 0. The van der Waals surface area contributed by atoms with Crippen LogP contribution in [-0.2, 0) is 11.2 Å². The largest absolute Gasteiger partial charge is 0.326 e. The second-order valence-corrected chi connectivity index (χ2v) is 5.30. The zero-order chi connectivity index (χ0) is 11.3. The fourth-order valence-electron chi connectivity index (χ4n) is 2.61. The highest BCUT2D eigenvalue weighted by Gasteiger charge is 2.39. The van der Waals surface area contributed by atoms with Gasteiger partial charge in [0, 0.05) is 23.7 Å². The molecule has 3 nitrogen and oxygen atoms in total. The van der Waals surface area contributed by atoms with Crippen molar-refractivity contribution in [2.75, 3.05) is 11.9 Å². The number of anilines is 1. The number of amides is 1. The van der Waals surface area contributed by atoms with Gasteiger partial charge in [-0.3, -0.25) is 4.79 Å². The molecule has 3 heteroatoms. The van der Waals surface area contributed by atoms with Crippen LogP contribution in [0.2, 0.25) is 0 Å². The number of carbonyl (C=O) groups excluding carboxylic acids is 1. The molecule has 2 heterocycles. The van der Waals surface area contributed by atoms with Gasteiger partial charge in [-0.1, -0.05) is 12.1 Å². The summed E-state index contributed by atoms with van der Waals surface area (Å²) in [4.78, 5) is 11.3. The summed E-state index contributed by atoms with van der Waals surface area (Å²) >= 11 is 0. The molecule has 84 valence electrons. The molecule has 1 fully saturated rings. The van der Waals surface area contributed by atoms with Crippen LogP contribution in [0.4, 0.5) is 5.69 Å². The van der Waals surface area contributed by atoms with E-state index in [0.29, 0.717) is 12.3 Å². The van der Waals surface area contributed by atoms with Crippen LogP contribution in [0, 0.1) is 0 Å². The fourth-order valence-corrected chi connectivity index (χ4v) is 2.61. The van der Waals surface area contributed by atoms with Gasteiger partial charge in [-0.25, -0.2) is 0 Å². The van der Waals surface area contributed by atoms with Crippen molar-refractivity contribution in [2.45, 2.75) is 31.7 Å². The highest BCUT2D eigenvalue weighted by Crippen LogP contribution is 2.37. The highest BCUT2D eigenvalue weighted by molar-refractivity contribution is 5.99. The smallest absolute Gasteiger partial charge is 0.228 e. The Morgan fingerprint density at radius 2 is 2.19 bits per heavy atom. The SMILES string of the molecule is CC1(C)NCC1c1ccc2c(c1)CC(=O)N2. The van der Waals surface area contributed by atoms with Crippen LogP contribution < -0.4 is 10.6 Å². The maximum Gasteiger partial charge on any atom is 0.228 e. The monoisotopic (exact) mass is 216 g/mol. The number of hydrogen-bond donors (Lipinski definition) is 2. The second-order valence-electron chi connectivity index (χ2n) is 5.30. The van der Waals surface area contributed by atoms with Crippen LogP contribution in [0.1, 0.15) is 30.9 Å². The van der Waals surface area contributed by atoms with E-state index in [1.165, 1.54) is 5.56 Å². The van der Waals surface area contributed by atoms with E-state index in [4.69, 9.17) is 0 Å². The molecule has 1 saturated heterocycles. The predicted octanol–water partition coefficient (Wildman–Crippen LogP) is 1.65. The fraction of sp³-hybridized carbons (Fsp3) is 0.462. The Hall–Kier alpha value is -1.35. The predicted molar refractivity (Wildman–Crippen MR) is 63.6 cm³/mol. The summed E-state index contributed by atoms with van der Waals surface area (Å²) in [5, 5.41) is 6.29. The number of fused-ring (bicyclic) bond motifs is 1. The molecule has 16 heavy (non-hydrogen) atoms. The number of rotatable bonds is 1. The Bertz CT molecular complexity index is 465. The standard InChI is InChI=1S/C13H16N2O/c1-13(2)10(7-14-13)8-3-4-11-9(5-8)6-12(16)15-11/h3-5,10,14H,6-7H2,1-2H3,(H,15,16). The molecular weight excluding hydrogens is 200 g/mol. The van der Waals surface area contributed by atoms with E-state index in [1.807, 2.05) is 6.07 Å². The van der Waals surface area contributed by atoms with E-state index in [0.717, 1.165) is 17.8 Å². The zero-order valence-electron chi connectivity index (χ0n) is 9.63. The molecule has 0 radical (unpaired) electrons. The zero-order valence-corrected chi connectivity index (χ0v) is 9.63. The van der Waals surface area contributed by atoms with Gasteiger partial charge in [-0.15, -0.1) is 0 Å². The van der Waals surface area contributed by atoms with Crippen molar-refractivity contribution in [2.24, 2.45) is 0 Å². The molecule has 0 bridgehead atoms. The van der Waals surface area contributed by atoms with Gasteiger partial charge in [0.2, 0.25) is 5.91 Å². The van der Waals surface area contributed by atoms with Crippen LogP contribution >= 0.6 is 0 Å². The summed E-state index contributed by atoms with van der Waals surface area (Å²) in [6, 6.07) is 6.35. The summed E-state index contributed by atoms with van der Waals surface area (Å²) in [5.74, 6) is 0.673. The molecule has 0 saturated carbocycles. The maximum atomic E-state index is 11.3. The third-order valence-electron chi connectivity index (χ3n) is 3.79. The molecule has 0 aliphatic carbocycles. The van der Waals surface area contributed by atoms with Crippen LogP contribution in [0.15, 0.2) is 18.2 Å². The van der Waals surface area contributed by atoms with Gasteiger partial charge in [0.25, 0.3) is 0 Å². The van der Waals surface area contributed by atoms with Crippen LogP contribution in [-0.4, -0.2) is 18.0 Å². The van der Waals surface area contributed by atoms with Gasteiger partial charge in [-0.2, -0.15) is 0 Å². The first-order valence-electron chi connectivity index (χ1n) is 5.74. The molecule has 1 amide bonds. The molecule has 1 aromatic rings. The molecule has 0 aromatic heterocycles. The summed E-state index contributed by atoms with van der Waals surface area (Å²) in [6.07, 6.45) is 0.531. The molecule has 2 N–H and O–H groups in total. The van der Waals surface area contributed by atoms with Gasteiger partial charge in [0.05, 0.1) is 6.42 Å². The molecule has 0 spiro atoms. The van der Waals surface area contributed by atoms with Gasteiger partial charge in [0.15, 0.2) is 0 Å². The van der Waals surface area contributed by atoms with Crippen molar-refractivity contribution in [1.29, 1.82) is 0 Å². The van der Waals surface area contributed by atoms with E-state index in [2.05, 4.69) is 36.6 Å². The normalized spacial score (nSPS) is 25.9. The Kier molecular flexibility index (Phi) is 1.89. The number of carbonyl (C=O) groups is 1. The first-order valence-corrected chi connectivity index (χ1v) is 5.74. The lowest BCUT2D eigenvalue weighted by atomic mass is 9.75. The van der Waals surface area contributed by atoms with Gasteiger partial charge < -0.3 is 10.6 Å². The lowest BCUT2D eigenvalue weighted by molar-refractivity contribution is -0.115. The Morgan fingerprint density at radius 1 is 1.38 bits per heavy atom. The first-order chi connectivity index (χ1) is 7.56. The summed E-state index contributed by atoms with van der Waals surface area (Å²) in [5.41, 5.74) is 3.66. The second kappa shape index (κ2) is 3.08. The van der Waals surface area contributed by atoms with Crippen molar-refractivity contribution >= 4 is 11.6 Å². The average Bonchev–Trinajstić information content (AvgIpc) is 2.56. The van der Waals surface area contributed by atoms with Crippen LogP contribution in [0.3, 0.4) is 0 Å². The van der Waals surface area contributed by atoms with Crippen LogP contribution in [0.25, 0.3) is 0 Å². The number of hydrogen-bond acceptors (Lipinski definition) is 2. The third kappa shape index (κ3) is 1.35. The molecule has 2 aliphatic rings. The number of nitrogens with one attached hydrogen (secondary N) is 2. The topological polar surface area (TPSA) is 41.1 Å². The minimum Gasteiger partial charge on any atom is -0.326 e. The van der Waals surface area contributed by atoms with Crippen LogP contribution in [0.5, 0.6) is 0 Å². The Labute approximate surface area is 95.2 Å².